The smallest absolute Gasteiger partial charge is 0.00322 e. The summed E-state index contributed by atoms with van der Waals surface area (Å²) in [7, 11) is 0. The van der Waals surface area contributed by atoms with Crippen LogP contribution >= 0.6 is 0 Å². The van der Waals surface area contributed by atoms with Gasteiger partial charge in [-0.15, -0.1) is 0 Å². The molecule has 1 aromatic carbocycles. The van der Waals surface area contributed by atoms with Crippen molar-refractivity contribution < 1.29 is 0 Å². The van der Waals surface area contributed by atoms with E-state index in [-0.39, 0.29) is 0 Å². The first-order valence-electron chi connectivity index (χ1n) is 5.58. The number of hydrogen-bond donors (Lipinski definition) is 1. The van der Waals surface area contributed by atoms with E-state index in [4.69, 9.17) is 0 Å². The third-order valence-corrected chi connectivity index (χ3v) is 4.11. The molecule has 0 saturated carbocycles. The Morgan fingerprint density at radius 3 is 3.14 bits per heavy atom. The highest BCUT2D eigenvalue weighted by Crippen LogP contribution is 2.47. The highest BCUT2D eigenvalue weighted by molar-refractivity contribution is 5.36. The minimum absolute atomic E-state index is 0.522. The van der Waals surface area contributed by atoms with Gasteiger partial charge in [0.25, 0.3) is 0 Å². The van der Waals surface area contributed by atoms with Gasteiger partial charge in [-0.05, 0) is 29.4 Å². The fourth-order valence-electron chi connectivity index (χ4n) is 3.14. The van der Waals surface area contributed by atoms with Gasteiger partial charge < -0.3 is 5.32 Å². The first kappa shape index (κ1) is 8.49. The van der Waals surface area contributed by atoms with Crippen LogP contribution in [0, 0.1) is 5.41 Å². The van der Waals surface area contributed by atoms with Crippen LogP contribution in [0.4, 0.5) is 0 Å². The molecule has 14 heavy (non-hydrogen) atoms. The summed E-state index contributed by atoms with van der Waals surface area (Å²) in [6.45, 7) is 4.81. The highest BCUT2D eigenvalue weighted by atomic mass is 14.9. The van der Waals surface area contributed by atoms with Gasteiger partial charge in [0.15, 0.2) is 0 Å². The normalized spacial score (nSPS) is 35.1. The second-order valence-electron chi connectivity index (χ2n) is 5.04. The van der Waals surface area contributed by atoms with Gasteiger partial charge in [-0.2, -0.15) is 0 Å². The fraction of sp³-hybridized carbons (Fsp3) is 0.538. The van der Waals surface area contributed by atoms with Gasteiger partial charge in [0.05, 0.1) is 0 Å². The Hall–Kier alpha value is -0.820. The molecule has 2 aliphatic rings. The van der Waals surface area contributed by atoms with E-state index >= 15 is 0 Å². The molecule has 2 unspecified atom stereocenters. The predicted octanol–water partition coefficient (Wildman–Crippen LogP) is 2.33. The quantitative estimate of drug-likeness (QED) is 0.657. The molecule has 1 saturated heterocycles. The predicted molar refractivity (Wildman–Crippen MR) is 58.5 cm³/mol. The van der Waals surface area contributed by atoms with Gasteiger partial charge in [-0.1, -0.05) is 31.2 Å². The topological polar surface area (TPSA) is 12.0 Å². The van der Waals surface area contributed by atoms with Crippen molar-refractivity contribution in [1.82, 2.24) is 5.32 Å². The van der Waals surface area contributed by atoms with Crippen molar-refractivity contribution in [3.05, 3.63) is 35.4 Å². The van der Waals surface area contributed by atoms with Crippen LogP contribution in [0.2, 0.25) is 0 Å². The van der Waals surface area contributed by atoms with Crippen LogP contribution in [-0.4, -0.2) is 13.1 Å². The Morgan fingerprint density at radius 2 is 2.21 bits per heavy atom. The Labute approximate surface area is 85.5 Å². The number of rotatable bonds is 0. The number of aryl methyl sites for hydroxylation is 1. The lowest BCUT2D eigenvalue weighted by Gasteiger charge is -2.36. The zero-order chi connectivity index (χ0) is 9.60. The second-order valence-corrected chi connectivity index (χ2v) is 5.04. The molecule has 1 fully saturated rings. The first-order chi connectivity index (χ1) is 6.80. The largest absolute Gasteiger partial charge is 0.316 e. The van der Waals surface area contributed by atoms with Gasteiger partial charge in [-0.3, -0.25) is 0 Å². The van der Waals surface area contributed by atoms with Crippen LogP contribution in [0.1, 0.15) is 30.4 Å². The SMILES string of the molecule is CC12CCc3ccccc3C1CNC2. The van der Waals surface area contributed by atoms with E-state index in [0.717, 1.165) is 5.92 Å². The Balaban J connectivity index is 2.10. The Kier molecular flexibility index (Phi) is 1.72. The minimum Gasteiger partial charge on any atom is -0.316 e. The standard InChI is InChI=1S/C13H17N/c1-13-7-6-10-4-2-3-5-11(10)12(13)8-14-9-13/h2-5,12,14H,6-9H2,1H3. The molecule has 1 nitrogen and oxygen atoms in total. The van der Waals surface area contributed by atoms with Crippen LogP contribution in [0.3, 0.4) is 0 Å². The molecule has 0 amide bonds. The van der Waals surface area contributed by atoms with Gasteiger partial charge in [0.2, 0.25) is 0 Å². The maximum Gasteiger partial charge on any atom is 0.00322 e. The molecule has 1 N–H and O–H groups in total. The lowest BCUT2D eigenvalue weighted by atomic mass is 9.67. The maximum absolute atomic E-state index is 3.55. The van der Waals surface area contributed by atoms with Crippen LogP contribution in [0.15, 0.2) is 24.3 Å². The van der Waals surface area contributed by atoms with Crippen molar-refractivity contribution in [2.24, 2.45) is 5.41 Å². The van der Waals surface area contributed by atoms with Crippen molar-refractivity contribution in [2.45, 2.75) is 25.7 Å². The maximum atomic E-state index is 3.55. The summed E-state index contributed by atoms with van der Waals surface area (Å²) < 4.78 is 0. The molecule has 0 aromatic heterocycles. The van der Waals surface area contributed by atoms with E-state index in [1.165, 1.54) is 25.9 Å². The molecule has 1 aliphatic heterocycles. The van der Waals surface area contributed by atoms with E-state index in [9.17, 15) is 0 Å². The molecule has 2 atom stereocenters. The van der Waals surface area contributed by atoms with Crippen LogP contribution in [0.25, 0.3) is 0 Å². The molecule has 1 heteroatoms. The van der Waals surface area contributed by atoms with Gasteiger partial charge >= 0.3 is 0 Å². The van der Waals surface area contributed by atoms with Gasteiger partial charge in [-0.25, -0.2) is 0 Å². The Morgan fingerprint density at radius 1 is 1.36 bits per heavy atom. The van der Waals surface area contributed by atoms with Crippen LogP contribution in [-0.2, 0) is 6.42 Å². The average Bonchev–Trinajstić information content (AvgIpc) is 2.60. The average molecular weight is 187 g/mol. The lowest BCUT2D eigenvalue weighted by Crippen LogP contribution is -2.30. The summed E-state index contributed by atoms with van der Waals surface area (Å²) in [4.78, 5) is 0. The van der Waals surface area contributed by atoms with Crippen LogP contribution in [0.5, 0.6) is 0 Å². The summed E-state index contributed by atoms with van der Waals surface area (Å²) in [6.07, 6.45) is 2.62. The first-order valence-corrected chi connectivity index (χ1v) is 5.58. The van der Waals surface area contributed by atoms with E-state index in [1.807, 2.05) is 0 Å². The summed E-state index contributed by atoms with van der Waals surface area (Å²) in [5, 5.41) is 3.55. The molecule has 0 radical (unpaired) electrons. The number of fused-ring (bicyclic) bond motifs is 3. The number of nitrogens with one attached hydrogen (secondary N) is 1. The molecular formula is C13H17N. The summed E-state index contributed by atoms with van der Waals surface area (Å²) >= 11 is 0. The molecule has 74 valence electrons. The third-order valence-electron chi connectivity index (χ3n) is 4.11. The molecule has 1 aromatic rings. The fourth-order valence-corrected chi connectivity index (χ4v) is 3.14. The summed E-state index contributed by atoms with van der Waals surface area (Å²) in [6, 6.07) is 8.98. The van der Waals surface area contributed by atoms with Crippen molar-refractivity contribution >= 4 is 0 Å². The minimum atomic E-state index is 0.522. The Bertz CT molecular complexity index is 358. The van der Waals surface area contributed by atoms with Crippen molar-refractivity contribution in [2.75, 3.05) is 13.1 Å². The van der Waals surface area contributed by atoms with Crippen molar-refractivity contribution in [3.8, 4) is 0 Å². The molecule has 1 heterocycles. The zero-order valence-corrected chi connectivity index (χ0v) is 8.72. The molecule has 0 bridgehead atoms. The molecule has 3 rings (SSSR count). The van der Waals surface area contributed by atoms with E-state index in [1.54, 1.807) is 11.1 Å². The summed E-state index contributed by atoms with van der Waals surface area (Å²) in [5.74, 6) is 0.757. The third kappa shape index (κ3) is 1.05. The van der Waals surface area contributed by atoms with E-state index in [2.05, 4.69) is 36.5 Å². The number of benzene rings is 1. The zero-order valence-electron chi connectivity index (χ0n) is 8.72. The lowest BCUT2D eigenvalue weighted by molar-refractivity contribution is 0.277. The van der Waals surface area contributed by atoms with E-state index in [0.29, 0.717) is 5.41 Å². The highest BCUT2D eigenvalue weighted by Gasteiger charge is 2.42. The van der Waals surface area contributed by atoms with Crippen molar-refractivity contribution in [1.29, 1.82) is 0 Å². The molecular weight excluding hydrogens is 170 g/mol. The molecule has 1 aliphatic carbocycles. The number of hydrogen-bond acceptors (Lipinski definition) is 1. The van der Waals surface area contributed by atoms with Gasteiger partial charge in [0, 0.05) is 19.0 Å². The van der Waals surface area contributed by atoms with E-state index < -0.39 is 0 Å². The van der Waals surface area contributed by atoms with Gasteiger partial charge in [0.1, 0.15) is 0 Å². The van der Waals surface area contributed by atoms with Crippen molar-refractivity contribution in [3.63, 3.8) is 0 Å². The molecule has 0 spiro atoms. The summed E-state index contributed by atoms with van der Waals surface area (Å²) in [5.41, 5.74) is 3.71. The monoisotopic (exact) mass is 187 g/mol. The van der Waals surface area contributed by atoms with Crippen LogP contribution < -0.4 is 5.32 Å². The second kappa shape index (κ2) is 2.83.